The first-order chi connectivity index (χ1) is 9.63. The summed E-state index contributed by atoms with van der Waals surface area (Å²) in [6.45, 7) is 0. The summed E-state index contributed by atoms with van der Waals surface area (Å²) in [6.07, 6.45) is 2.85. The Hall–Kier alpha value is -1.59. The number of benzene rings is 1. The first-order valence-electron chi connectivity index (χ1n) is 6.44. The number of rotatable bonds is 4. The fraction of sp³-hybridized carbons (Fsp3) is 0.286. The standard InChI is InChI=1S/C14H15ClN4S/c1-19-12-6-5-9(15)7-11(12)18-13(19)4-2-3-10-8-20-14(16)17-10/h5-8H,2-4H2,1H3,(H2,16,17). The monoisotopic (exact) mass is 306 g/mol. The molecule has 0 aliphatic rings. The number of anilines is 1. The SMILES string of the molecule is Cn1c(CCCc2csc(N)n2)nc2cc(Cl)ccc21. The summed E-state index contributed by atoms with van der Waals surface area (Å²) < 4.78 is 2.13. The van der Waals surface area contributed by atoms with Crippen LogP contribution in [-0.4, -0.2) is 14.5 Å². The van der Waals surface area contributed by atoms with Gasteiger partial charge in [-0.1, -0.05) is 11.6 Å². The summed E-state index contributed by atoms with van der Waals surface area (Å²) >= 11 is 7.49. The Bertz CT molecular complexity index is 747. The number of nitrogens with two attached hydrogens (primary N) is 1. The highest BCUT2D eigenvalue weighted by Crippen LogP contribution is 2.20. The maximum absolute atomic E-state index is 6.00. The van der Waals surface area contributed by atoms with Gasteiger partial charge in [0.15, 0.2) is 5.13 Å². The van der Waals surface area contributed by atoms with Crippen LogP contribution >= 0.6 is 22.9 Å². The van der Waals surface area contributed by atoms with Gasteiger partial charge < -0.3 is 10.3 Å². The topological polar surface area (TPSA) is 56.7 Å². The summed E-state index contributed by atoms with van der Waals surface area (Å²) in [5.74, 6) is 1.07. The fourth-order valence-electron chi connectivity index (χ4n) is 2.31. The second-order valence-electron chi connectivity index (χ2n) is 4.75. The molecule has 3 aromatic rings. The molecule has 0 aliphatic heterocycles. The third-order valence-electron chi connectivity index (χ3n) is 3.34. The van der Waals surface area contributed by atoms with Crippen molar-refractivity contribution < 1.29 is 0 Å². The zero-order valence-corrected chi connectivity index (χ0v) is 12.7. The lowest BCUT2D eigenvalue weighted by molar-refractivity contribution is 0.727. The molecule has 0 amide bonds. The quantitative estimate of drug-likeness (QED) is 0.803. The molecule has 2 heterocycles. The lowest BCUT2D eigenvalue weighted by Crippen LogP contribution is -1.99. The largest absolute Gasteiger partial charge is 0.375 e. The molecule has 2 N–H and O–H groups in total. The van der Waals surface area contributed by atoms with Crippen molar-refractivity contribution in [3.63, 3.8) is 0 Å². The first-order valence-corrected chi connectivity index (χ1v) is 7.70. The van der Waals surface area contributed by atoms with Crippen molar-refractivity contribution in [3.05, 3.63) is 40.1 Å². The third-order valence-corrected chi connectivity index (χ3v) is 4.30. The van der Waals surface area contributed by atoms with E-state index in [-0.39, 0.29) is 0 Å². The number of nitrogen functional groups attached to an aromatic ring is 1. The van der Waals surface area contributed by atoms with Crippen LogP contribution in [0.5, 0.6) is 0 Å². The highest BCUT2D eigenvalue weighted by molar-refractivity contribution is 7.13. The van der Waals surface area contributed by atoms with Crippen molar-refractivity contribution in [1.82, 2.24) is 14.5 Å². The molecule has 0 saturated carbocycles. The van der Waals surface area contributed by atoms with Crippen molar-refractivity contribution in [2.45, 2.75) is 19.3 Å². The van der Waals surface area contributed by atoms with Crippen LogP contribution in [0.4, 0.5) is 5.13 Å². The molecule has 0 bridgehead atoms. The van der Waals surface area contributed by atoms with E-state index in [1.54, 1.807) is 0 Å². The van der Waals surface area contributed by atoms with E-state index >= 15 is 0 Å². The van der Waals surface area contributed by atoms with Gasteiger partial charge in [-0.3, -0.25) is 0 Å². The molecule has 6 heteroatoms. The number of aromatic nitrogens is 3. The number of nitrogens with zero attached hydrogens (tertiary/aromatic N) is 3. The van der Waals surface area contributed by atoms with Crippen molar-refractivity contribution in [2.24, 2.45) is 7.05 Å². The minimum absolute atomic E-state index is 0.636. The number of aryl methyl sites for hydroxylation is 3. The number of fused-ring (bicyclic) bond motifs is 1. The molecule has 4 nitrogen and oxygen atoms in total. The van der Waals surface area contributed by atoms with Crippen LogP contribution in [0.15, 0.2) is 23.6 Å². The summed E-state index contributed by atoms with van der Waals surface area (Å²) in [6, 6.07) is 5.81. The van der Waals surface area contributed by atoms with E-state index in [4.69, 9.17) is 17.3 Å². The number of imidazole rings is 1. The Morgan fingerprint density at radius 1 is 1.30 bits per heavy atom. The molecule has 0 saturated heterocycles. The highest BCUT2D eigenvalue weighted by atomic mass is 35.5. The molecule has 0 unspecified atom stereocenters. The number of halogens is 1. The normalized spacial score (nSPS) is 11.3. The Labute approximate surface area is 126 Å². The van der Waals surface area contributed by atoms with Crippen LogP contribution in [0.3, 0.4) is 0 Å². The molecule has 1 aromatic carbocycles. The summed E-state index contributed by atoms with van der Waals surface area (Å²) in [4.78, 5) is 8.92. The Morgan fingerprint density at radius 2 is 2.15 bits per heavy atom. The maximum atomic E-state index is 6.00. The van der Waals surface area contributed by atoms with E-state index in [9.17, 15) is 0 Å². The lowest BCUT2D eigenvalue weighted by Gasteiger charge is -2.01. The molecule has 104 valence electrons. The van der Waals surface area contributed by atoms with Gasteiger partial charge in [-0.2, -0.15) is 0 Å². The lowest BCUT2D eigenvalue weighted by atomic mass is 10.2. The molecule has 20 heavy (non-hydrogen) atoms. The van der Waals surface area contributed by atoms with Gasteiger partial charge in [0.1, 0.15) is 5.82 Å². The Kier molecular flexibility index (Phi) is 3.63. The maximum Gasteiger partial charge on any atom is 0.180 e. The van der Waals surface area contributed by atoms with Crippen molar-refractivity contribution >= 4 is 39.1 Å². The third kappa shape index (κ3) is 2.64. The number of hydrogen-bond acceptors (Lipinski definition) is 4. The average Bonchev–Trinajstić information content (AvgIpc) is 2.95. The van der Waals surface area contributed by atoms with E-state index in [1.807, 2.05) is 30.6 Å². The minimum atomic E-state index is 0.636. The van der Waals surface area contributed by atoms with Crippen LogP contribution in [0, 0.1) is 0 Å². The first kappa shape index (κ1) is 13.4. The van der Waals surface area contributed by atoms with Crippen LogP contribution in [0.2, 0.25) is 5.02 Å². The summed E-state index contributed by atoms with van der Waals surface area (Å²) in [5.41, 5.74) is 8.76. The smallest absolute Gasteiger partial charge is 0.180 e. The van der Waals surface area contributed by atoms with E-state index in [0.29, 0.717) is 5.13 Å². The molecule has 0 fully saturated rings. The van der Waals surface area contributed by atoms with Crippen molar-refractivity contribution in [1.29, 1.82) is 0 Å². The van der Waals surface area contributed by atoms with Gasteiger partial charge in [-0.05, 0) is 31.0 Å². The predicted octanol–water partition coefficient (Wildman–Crippen LogP) is 3.44. The van der Waals surface area contributed by atoms with Gasteiger partial charge in [-0.25, -0.2) is 9.97 Å². The summed E-state index contributed by atoms with van der Waals surface area (Å²) in [5, 5.41) is 3.38. The molecule has 0 aliphatic carbocycles. The van der Waals surface area contributed by atoms with Gasteiger partial charge in [-0.15, -0.1) is 11.3 Å². The van der Waals surface area contributed by atoms with Crippen LogP contribution in [0.1, 0.15) is 17.9 Å². The number of thiazole rings is 1. The van der Waals surface area contributed by atoms with Gasteiger partial charge >= 0.3 is 0 Å². The second kappa shape index (κ2) is 5.42. The van der Waals surface area contributed by atoms with Crippen LogP contribution in [-0.2, 0) is 19.9 Å². The molecule has 0 atom stereocenters. The second-order valence-corrected chi connectivity index (χ2v) is 6.08. The molecule has 3 rings (SSSR count). The van der Waals surface area contributed by atoms with Gasteiger partial charge in [0.2, 0.25) is 0 Å². The van der Waals surface area contributed by atoms with Gasteiger partial charge in [0, 0.05) is 23.9 Å². The highest BCUT2D eigenvalue weighted by Gasteiger charge is 2.08. The van der Waals surface area contributed by atoms with E-state index in [0.717, 1.165) is 46.8 Å². The van der Waals surface area contributed by atoms with Crippen LogP contribution in [0.25, 0.3) is 11.0 Å². The Morgan fingerprint density at radius 3 is 2.90 bits per heavy atom. The molecule has 0 spiro atoms. The van der Waals surface area contributed by atoms with E-state index < -0.39 is 0 Å². The van der Waals surface area contributed by atoms with Gasteiger partial charge in [0.05, 0.1) is 16.7 Å². The van der Waals surface area contributed by atoms with Crippen molar-refractivity contribution in [3.8, 4) is 0 Å². The molecular weight excluding hydrogens is 292 g/mol. The average molecular weight is 307 g/mol. The zero-order valence-electron chi connectivity index (χ0n) is 11.1. The van der Waals surface area contributed by atoms with E-state index in [2.05, 4.69) is 14.5 Å². The van der Waals surface area contributed by atoms with Crippen LogP contribution < -0.4 is 5.73 Å². The van der Waals surface area contributed by atoms with E-state index in [1.165, 1.54) is 11.3 Å². The minimum Gasteiger partial charge on any atom is -0.375 e. The van der Waals surface area contributed by atoms with Gasteiger partial charge in [0.25, 0.3) is 0 Å². The Balaban J connectivity index is 1.72. The molecule has 0 radical (unpaired) electrons. The molecule has 2 aromatic heterocycles. The van der Waals surface area contributed by atoms with Crippen molar-refractivity contribution in [2.75, 3.05) is 5.73 Å². The predicted molar refractivity (Wildman–Crippen MR) is 84.3 cm³/mol. The number of hydrogen-bond donors (Lipinski definition) is 1. The zero-order chi connectivity index (χ0) is 14.1. The molecular formula is C14H15ClN4S. The fourth-order valence-corrected chi connectivity index (χ4v) is 3.08. The summed E-state index contributed by atoms with van der Waals surface area (Å²) in [7, 11) is 2.04.